The molecule has 3 aromatic rings. The molecule has 0 aliphatic carbocycles. The second-order valence-electron chi connectivity index (χ2n) is 4.90. The molecule has 1 amide bonds. The molecule has 0 aliphatic rings. The standard InChI is InChI=1S/C16H14ClN5O2/c1-24-14-8-3-2-7-13(14)18-15(23)10-22-20-16(19-21-22)11-5-4-6-12(17)9-11/h2-9H,10H2,1H3,(H,18,23). The van der Waals surface area contributed by atoms with Gasteiger partial charge in [0.2, 0.25) is 11.7 Å². The molecule has 0 saturated carbocycles. The predicted octanol–water partition coefficient (Wildman–Crippen LogP) is 2.64. The van der Waals surface area contributed by atoms with Crippen molar-refractivity contribution in [1.82, 2.24) is 20.2 Å². The van der Waals surface area contributed by atoms with Gasteiger partial charge in [0.15, 0.2) is 0 Å². The summed E-state index contributed by atoms with van der Waals surface area (Å²) in [7, 11) is 1.54. The number of hydrogen-bond acceptors (Lipinski definition) is 5. The third-order valence-electron chi connectivity index (χ3n) is 3.20. The Bertz CT molecular complexity index is 865. The van der Waals surface area contributed by atoms with E-state index in [0.717, 1.165) is 5.56 Å². The van der Waals surface area contributed by atoms with Crippen LogP contribution in [0, 0.1) is 0 Å². The third kappa shape index (κ3) is 3.69. The SMILES string of the molecule is COc1ccccc1NC(=O)Cn1nnc(-c2cccc(Cl)c2)n1. The van der Waals surface area contributed by atoms with Crippen LogP contribution < -0.4 is 10.1 Å². The molecule has 24 heavy (non-hydrogen) atoms. The fourth-order valence-corrected chi connectivity index (χ4v) is 2.31. The van der Waals surface area contributed by atoms with Crippen molar-refractivity contribution < 1.29 is 9.53 Å². The van der Waals surface area contributed by atoms with Gasteiger partial charge in [0.1, 0.15) is 12.3 Å². The summed E-state index contributed by atoms with van der Waals surface area (Å²) >= 11 is 5.95. The zero-order valence-corrected chi connectivity index (χ0v) is 13.6. The van der Waals surface area contributed by atoms with Gasteiger partial charge in [-0.2, -0.15) is 4.80 Å². The topological polar surface area (TPSA) is 81.9 Å². The van der Waals surface area contributed by atoms with E-state index in [4.69, 9.17) is 16.3 Å². The molecular weight excluding hydrogens is 330 g/mol. The summed E-state index contributed by atoms with van der Waals surface area (Å²) in [5.41, 5.74) is 1.32. The third-order valence-corrected chi connectivity index (χ3v) is 3.44. The highest BCUT2D eigenvalue weighted by Crippen LogP contribution is 2.23. The number of para-hydroxylation sites is 2. The van der Waals surface area contributed by atoms with Gasteiger partial charge in [0.25, 0.3) is 0 Å². The molecule has 7 nitrogen and oxygen atoms in total. The molecular formula is C16H14ClN5O2. The minimum Gasteiger partial charge on any atom is -0.495 e. The van der Waals surface area contributed by atoms with Gasteiger partial charge in [0.05, 0.1) is 12.8 Å². The summed E-state index contributed by atoms with van der Waals surface area (Å²) in [6, 6.07) is 14.3. The summed E-state index contributed by atoms with van der Waals surface area (Å²) in [6.45, 7) is -0.0639. The lowest BCUT2D eigenvalue weighted by atomic mass is 10.2. The van der Waals surface area contributed by atoms with Crippen LogP contribution in [-0.2, 0) is 11.3 Å². The van der Waals surface area contributed by atoms with Gasteiger partial charge in [-0.15, -0.1) is 10.2 Å². The molecule has 0 spiro atoms. The molecule has 1 aromatic heterocycles. The van der Waals surface area contributed by atoms with Gasteiger partial charge in [-0.3, -0.25) is 4.79 Å². The maximum absolute atomic E-state index is 12.1. The quantitative estimate of drug-likeness (QED) is 0.770. The summed E-state index contributed by atoms with van der Waals surface area (Å²) in [5.74, 6) is 0.703. The summed E-state index contributed by atoms with van der Waals surface area (Å²) in [4.78, 5) is 13.4. The van der Waals surface area contributed by atoms with Crippen LogP contribution in [-0.4, -0.2) is 33.2 Å². The number of aromatic nitrogens is 4. The number of methoxy groups -OCH3 is 1. The van der Waals surface area contributed by atoms with E-state index in [0.29, 0.717) is 22.3 Å². The van der Waals surface area contributed by atoms with Crippen LogP contribution in [0.3, 0.4) is 0 Å². The van der Waals surface area contributed by atoms with E-state index in [1.807, 2.05) is 18.2 Å². The highest BCUT2D eigenvalue weighted by atomic mass is 35.5. The number of nitrogens with zero attached hydrogens (tertiary/aromatic N) is 4. The summed E-state index contributed by atoms with van der Waals surface area (Å²) < 4.78 is 5.19. The van der Waals surface area contributed by atoms with E-state index in [9.17, 15) is 4.79 Å². The lowest BCUT2D eigenvalue weighted by Crippen LogP contribution is -2.20. The Morgan fingerprint density at radius 1 is 1.25 bits per heavy atom. The molecule has 0 aliphatic heterocycles. The molecule has 2 aromatic carbocycles. The Kier molecular flexibility index (Phi) is 4.72. The van der Waals surface area contributed by atoms with Crippen LogP contribution in [0.15, 0.2) is 48.5 Å². The Labute approximate surface area is 143 Å². The number of ether oxygens (including phenoxy) is 1. The van der Waals surface area contributed by atoms with E-state index in [-0.39, 0.29) is 12.5 Å². The molecule has 0 radical (unpaired) electrons. The van der Waals surface area contributed by atoms with Crippen molar-refractivity contribution in [2.24, 2.45) is 0 Å². The minimum absolute atomic E-state index is 0.0639. The highest BCUT2D eigenvalue weighted by Gasteiger charge is 2.11. The number of tetrazole rings is 1. The summed E-state index contributed by atoms with van der Waals surface area (Å²) in [5, 5.41) is 15.4. The van der Waals surface area contributed by atoms with Crippen molar-refractivity contribution in [2.75, 3.05) is 12.4 Å². The first-order valence-electron chi connectivity index (χ1n) is 7.12. The number of hydrogen-bond donors (Lipinski definition) is 1. The molecule has 0 unspecified atom stereocenters. The predicted molar refractivity (Wildman–Crippen MR) is 89.9 cm³/mol. The maximum atomic E-state index is 12.1. The monoisotopic (exact) mass is 343 g/mol. The highest BCUT2D eigenvalue weighted by molar-refractivity contribution is 6.30. The van der Waals surface area contributed by atoms with E-state index in [1.54, 1.807) is 37.4 Å². The molecule has 122 valence electrons. The van der Waals surface area contributed by atoms with Crippen LogP contribution in [0.25, 0.3) is 11.4 Å². The van der Waals surface area contributed by atoms with Gasteiger partial charge < -0.3 is 10.1 Å². The Morgan fingerprint density at radius 2 is 2.08 bits per heavy atom. The number of halogens is 1. The van der Waals surface area contributed by atoms with Crippen LogP contribution >= 0.6 is 11.6 Å². The second kappa shape index (κ2) is 7.10. The zero-order valence-electron chi connectivity index (χ0n) is 12.8. The van der Waals surface area contributed by atoms with Crippen LogP contribution in [0.5, 0.6) is 5.75 Å². The van der Waals surface area contributed by atoms with Crippen molar-refractivity contribution in [1.29, 1.82) is 0 Å². The van der Waals surface area contributed by atoms with Crippen LogP contribution in [0.1, 0.15) is 0 Å². The van der Waals surface area contributed by atoms with Gasteiger partial charge in [-0.25, -0.2) is 0 Å². The Morgan fingerprint density at radius 3 is 2.88 bits per heavy atom. The van der Waals surface area contributed by atoms with Gasteiger partial charge in [-0.1, -0.05) is 35.9 Å². The first-order chi connectivity index (χ1) is 11.7. The normalized spacial score (nSPS) is 10.4. The number of carbonyl (C=O) groups is 1. The number of benzene rings is 2. The number of carbonyl (C=O) groups excluding carboxylic acids is 1. The van der Waals surface area contributed by atoms with Crippen LogP contribution in [0.4, 0.5) is 5.69 Å². The lowest BCUT2D eigenvalue weighted by molar-refractivity contribution is -0.117. The van der Waals surface area contributed by atoms with Crippen LogP contribution in [0.2, 0.25) is 5.02 Å². The Hall–Kier alpha value is -2.93. The average molecular weight is 344 g/mol. The average Bonchev–Trinajstić information content (AvgIpc) is 3.03. The van der Waals surface area contributed by atoms with E-state index < -0.39 is 0 Å². The largest absolute Gasteiger partial charge is 0.495 e. The molecule has 0 saturated heterocycles. The van der Waals surface area contributed by atoms with Gasteiger partial charge in [-0.05, 0) is 29.5 Å². The van der Waals surface area contributed by atoms with Crippen molar-refractivity contribution in [3.63, 3.8) is 0 Å². The van der Waals surface area contributed by atoms with Crippen molar-refractivity contribution in [3.05, 3.63) is 53.6 Å². The minimum atomic E-state index is -0.283. The molecule has 0 atom stereocenters. The first-order valence-corrected chi connectivity index (χ1v) is 7.50. The van der Waals surface area contributed by atoms with E-state index >= 15 is 0 Å². The molecule has 8 heteroatoms. The lowest BCUT2D eigenvalue weighted by Gasteiger charge is -2.09. The maximum Gasteiger partial charge on any atom is 0.248 e. The second-order valence-corrected chi connectivity index (χ2v) is 5.34. The fourth-order valence-electron chi connectivity index (χ4n) is 2.12. The Balaban J connectivity index is 1.69. The summed E-state index contributed by atoms with van der Waals surface area (Å²) in [6.07, 6.45) is 0. The molecule has 1 heterocycles. The number of amides is 1. The van der Waals surface area contributed by atoms with E-state index in [1.165, 1.54) is 4.80 Å². The zero-order chi connectivity index (χ0) is 16.9. The number of anilines is 1. The number of nitrogens with one attached hydrogen (secondary N) is 1. The molecule has 0 fully saturated rings. The number of rotatable bonds is 5. The first kappa shape index (κ1) is 15.9. The van der Waals surface area contributed by atoms with Gasteiger partial charge >= 0.3 is 0 Å². The van der Waals surface area contributed by atoms with E-state index in [2.05, 4.69) is 20.7 Å². The smallest absolute Gasteiger partial charge is 0.248 e. The molecule has 1 N–H and O–H groups in total. The van der Waals surface area contributed by atoms with Crippen molar-refractivity contribution in [2.45, 2.75) is 6.54 Å². The molecule has 0 bridgehead atoms. The van der Waals surface area contributed by atoms with Crippen molar-refractivity contribution in [3.8, 4) is 17.1 Å². The molecule has 3 rings (SSSR count). The fraction of sp³-hybridized carbons (Fsp3) is 0.125. The van der Waals surface area contributed by atoms with Crippen molar-refractivity contribution >= 4 is 23.2 Å². The van der Waals surface area contributed by atoms with Gasteiger partial charge in [0, 0.05) is 10.6 Å².